The molecule has 5 nitrogen and oxygen atoms in total. The number of nitrogens with two attached hydrogens (primary N) is 1. The molecule has 2 aliphatic rings. The summed E-state index contributed by atoms with van der Waals surface area (Å²) in [4.78, 5) is 15.0. The van der Waals surface area contributed by atoms with Crippen molar-refractivity contribution in [2.75, 3.05) is 34.8 Å². The van der Waals surface area contributed by atoms with Crippen LogP contribution in [0.5, 0.6) is 0 Å². The molecule has 1 unspecified atom stereocenters. The van der Waals surface area contributed by atoms with Crippen LogP contribution in [0.1, 0.15) is 31.2 Å². The van der Waals surface area contributed by atoms with Crippen molar-refractivity contribution in [2.24, 2.45) is 5.92 Å². The van der Waals surface area contributed by atoms with Gasteiger partial charge in [-0.05, 0) is 47.8 Å². The van der Waals surface area contributed by atoms with Crippen molar-refractivity contribution >= 4 is 57.3 Å². The molecule has 0 spiro atoms. The Balaban J connectivity index is 1.40. The highest BCUT2D eigenvalue weighted by molar-refractivity contribution is 7.91. The van der Waals surface area contributed by atoms with Gasteiger partial charge in [-0.2, -0.15) is 0 Å². The number of hydrogen-bond donors (Lipinski definition) is 2. The Morgan fingerprint density at radius 2 is 1.85 bits per heavy atom. The van der Waals surface area contributed by atoms with Gasteiger partial charge in [0.15, 0.2) is 4.90 Å². The number of anilines is 3. The van der Waals surface area contributed by atoms with E-state index >= 15 is 0 Å². The average molecular weight is 516 g/mol. The fourth-order valence-electron chi connectivity index (χ4n) is 3.81. The first-order valence-corrected chi connectivity index (χ1v) is 12.9. The van der Waals surface area contributed by atoms with E-state index in [9.17, 15) is 18.1 Å². The minimum atomic E-state index is -2.70. The highest BCUT2D eigenvalue weighted by atomic mass is 35.5. The Labute approximate surface area is 204 Å². The topological polar surface area (TPSA) is 81.4 Å². The van der Waals surface area contributed by atoms with Gasteiger partial charge in [-0.25, -0.2) is 8.78 Å². The number of nitrogens with one attached hydrogen (secondary N) is 1. The predicted molar refractivity (Wildman–Crippen MR) is 130 cm³/mol. The third kappa shape index (κ3) is 6.04. The quantitative estimate of drug-likeness (QED) is 0.376. The van der Waals surface area contributed by atoms with Gasteiger partial charge < -0.3 is 20.5 Å². The minimum absolute atomic E-state index is 0.0905. The van der Waals surface area contributed by atoms with Crippen LogP contribution in [0.2, 0.25) is 10.0 Å². The molecule has 0 aromatic heterocycles. The Kier molecular flexibility index (Phi) is 7.29. The molecule has 4 rings (SSSR count). The first kappa shape index (κ1) is 24.4. The maximum Gasteiger partial charge on any atom is 0.251 e. The van der Waals surface area contributed by atoms with Gasteiger partial charge in [-0.1, -0.05) is 35.3 Å². The van der Waals surface area contributed by atoms with E-state index in [1.165, 1.54) is 6.07 Å². The molecular weight excluding hydrogens is 491 g/mol. The van der Waals surface area contributed by atoms with Crippen molar-refractivity contribution in [1.29, 1.82) is 0 Å². The second-order valence-electron chi connectivity index (χ2n) is 8.65. The van der Waals surface area contributed by atoms with Gasteiger partial charge in [0.2, 0.25) is 5.91 Å². The van der Waals surface area contributed by atoms with E-state index in [0.29, 0.717) is 17.4 Å². The lowest BCUT2D eigenvalue weighted by atomic mass is 10.1. The highest BCUT2D eigenvalue weighted by Crippen LogP contribution is 2.44. The molecule has 1 saturated carbocycles. The second kappa shape index (κ2) is 9.86. The monoisotopic (exact) mass is 515 g/mol. The lowest BCUT2D eigenvalue weighted by Gasteiger charge is -2.34. The third-order valence-corrected chi connectivity index (χ3v) is 8.19. The van der Waals surface area contributed by atoms with Crippen LogP contribution in [0.3, 0.4) is 0 Å². The zero-order valence-electron chi connectivity index (χ0n) is 17.9. The van der Waals surface area contributed by atoms with Gasteiger partial charge in [0.05, 0.1) is 33.5 Å². The van der Waals surface area contributed by atoms with Crippen LogP contribution in [-0.4, -0.2) is 35.2 Å². The van der Waals surface area contributed by atoms with Gasteiger partial charge in [-0.3, -0.25) is 4.79 Å². The largest absolute Gasteiger partial charge is 0.611 e. The molecule has 1 aliphatic carbocycles. The van der Waals surface area contributed by atoms with E-state index in [-0.39, 0.29) is 59.7 Å². The van der Waals surface area contributed by atoms with Crippen molar-refractivity contribution in [3.63, 3.8) is 0 Å². The number of amides is 1. The minimum Gasteiger partial charge on any atom is -0.611 e. The summed E-state index contributed by atoms with van der Waals surface area (Å²) in [5, 5.41) is 3.09. The van der Waals surface area contributed by atoms with E-state index in [1.54, 1.807) is 29.2 Å². The summed E-state index contributed by atoms with van der Waals surface area (Å²) in [6, 6.07) is 8.66. The molecule has 0 radical (unpaired) electrons. The number of carbonyl (C=O) groups is 1. The smallest absolute Gasteiger partial charge is 0.251 e. The maximum atomic E-state index is 13.5. The fraction of sp³-hybridized carbons (Fsp3) is 0.435. The zero-order chi connectivity index (χ0) is 23.8. The molecule has 1 heterocycles. The van der Waals surface area contributed by atoms with Crippen LogP contribution >= 0.6 is 23.2 Å². The number of rotatable bonds is 7. The van der Waals surface area contributed by atoms with Crippen LogP contribution in [0.15, 0.2) is 35.2 Å². The Morgan fingerprint density at radius 3 is 2.45 bits per heavy atom. The summed E-state index contributed by atoms with van der Waals surface area (Å²) in [6.07, 6.45) is 1.81. The lowest BCUT2D eigenvalue weighted by molar-refractivity contribution is -0.115. The van der Waals surface area contributed by atoms with Gasteiger partial charge in [-0.15, -0.1) is 0 Å². The molecule has 1 amide bonds. The number of nitrogens with zero attached hydrogens (tertiary/aromatic N) is 1. The van der Waals surface area contributed by atoms with Gasteiger partial charge >= 0.3 is 0 Å². The zero-order valence-corrected chi connectivity index (χ0v) is 20.2. The summed E-state index contributed by atoms with van der Waals surface area (Å²) in [6.45, 7) is 0.220. The molecular formula is C23H25Cl2F2N3O2S. The van der Waals surface area contributed by atoms with E-state index in [1.807, 2.05) is 0 Å². The number of alkyl halides is 2. The van der Waals surface area contributed by atoms with Gasteiger partial charge in [0.1, 0.15) is 5.75 Å². The number of piperidine rings is 1. The predicted octanol–water partition coefficient (Wildman–Crippen LogP) is 5.51. The second-order valence-corrected chi connectivity index (χ2v) is 10.9. The van der Waals surface area contributed by atoms with Crippen LogP contribution < -0.4 is 16.0 Å². The Hall–Kier alpha value is -1.74. The van der Waals surface area contributed by atoms with E-state index in [2.05, 4.69) is 5.32 Å². The van der Waals surface area contributed by atoms with Crippen molar-refractivity contribution in [2.45, 2.75) is 42.9 Å². The molecule has 10 heteroatoms. The third-order valence-electron chi connectivity index (χ3n) is 5.95. The molecule has 3 N–H and O–H groups in total. The summed E-state index contributed by atoms with van der Waals surface area (Å²) < 4.78 is 39.3. The molecule has 178 valence electrons. The van der Waals surface area contributed by atoms with Crippen LogP contribution in [-0.2, 0) is 22.4 Å². The number of nitrogen functional groups attached to an aromatic ring is 1. The summed E-state index contributed by atoms with van der Waals surface area (Å²) in [5.41, 5.74) is 7.70. The first-order valence-electron chi connectivity index (χ1n) is 10.8. The normalized spacial score (nSPS) is 18.8. The maximum absolute atomic E-state index is 13.5. The standard InChI is InChI=1S/C23H25Cl2F2N3O2S/c24-17-12-18(21(28)20(25)22(17)30-9-7-23(26,27)8-10-30)29-19(31)11-14-3-5-16(6-4-14)33(32)13-15-1-2-15/h3-6,12,15H,1-2,7-11,13,28H2,(H,29,31). The van der Waals surface area contributed by atoms with E-state index in [0.717, 1.165) is 23.3 Å². The van der Waals surface area contributed by atoms with Crippen LogP contribution in [0.4, 0.5) is 25.8 Å². The molecule has 2 fully saturated rings. The summed E-state index contributed by atoms with van der Waals surface area (Å²) in [5.74, 6) is -1.75. The van der Waals surface area contributed by atoms with Crippen molar-refractivity contribution in [3.05, 3.63) is 45.9 Å². The van der Waals surface area contributed by atoms with E-state index in [4.69, 9.17) is 28.9 Å². The van der Waals surface area contributed by atoms with Gasteiger partial charge in [0.25, 0.3) is 5.92 Å². The van der Waals surface area contributed by atoms with Crippen LogP contribution in [0, 0.1) is 5.92 Å². The Morgan fingerprint density at radius 1 is 1.21 bits per heavy atom. The molecule has 1 aliphatic heterocycles. The van der Waals surface area contributed by atoms with Gasteiger partial charge in [0, 0.05) is 31.8 Å². The lowest BCUT2D eigenvalue weighted by Crippen LogP contribution is -2.39. The number of hydrogen-bond acceptors (Lipinski definition) is 4. The van der Waals surface area contributed by atoms with Crippen molar-refractivity contribution in [3.8, 4) is 0 Å². The highest BCUT2D eigenvalue weighted by Gasteiger charge is 2.35. The fourth-order valence-corrected chi connectivity index (χ4v) is 5.90. The molecule has 33 heavy (non-hydrogen) atoms. The summed E-state index contributed by atoms with van der Waals surface area (Å²) in [7, 11) is 0. The summed E-state index contributed by atoms with van der Waals surface area (Å²) >= 11 is 11.8. The SMILES string of the molecule is Nc1c(NC(=O)Cc2ccc([S+]([O-])CC3CC3)cc2)cc(Cl)c(N2CCC(F)(F)CC2)c1Cl. The van der Waals surface area contributed by atoms with Crippen LogP contribution in [0.25, 0.3) is 0 Å². The van der Waals surface area contributed by atoms with E-state index < -0.39 is 17.1 Å². The molecule has 1 saturated heterocycles. The molecule has 2 aromatic carbocycles. The number of carbonyl (C=O) groups excluding carboxylic acids is 1. The first-order chi connectivity index (χ1) is 15.6. The van der Waals surface area contributed by atoms with Crippen molar-refractivity contribution in [1.82, 2.24) is 0 Å². The van der Waals surface area contributed by atoms with Crippen molar-refractivity contribution < 1.29 is 18.1 Å². The molecule has 1 atom stereocenters. The molecule has 2 aromatic rings. The average Bonchev–Trinajstić information content (AvgIpc) is 3.57. The Bertz CT molecular complexity index is 1030. The molecule has 0 bridgehead atoms. The number of halogens is 4. The number of benzene rings is 2.